The molecule has 0 rings (SSSR count). The molecule has 113 valence electrons. The molecule has 0 aliphatic heterocycles. The third kappa shape index (κ3) is 15.7. The summed E-state index contributed by atoms with van der Waals surface area (Å²) in [5, 5.41) is 0. The van der Waals surface area contributed by atoms with Crippen molar-refractivity contribution in [2.24, 2.45) is 5.92 Å². The molecule has 1 atom stereocenters. The summed E-state index contributed by atoms with van der Waals surface area (Å²) in [7, 11) is 0. The van der Waals surface area contributed by atoms with Crippen LogP contribution < -0.4 is 0 Å². The Morgan fingerprint density at radius 1 is 0.737 bits per heavy atom. The largest absolute Gasteiger partial charge is 0.0845 e. The minimum Gasteiger partial charge on any atom is -0.0845 e. The fraction of sp³-hybridized carbons (Fsp3) is 0.895. The van der Waals surface area contributed by atoms with Crippen molar-refractivity contribution in [2.75, 3.05) is 0 Å². The van der Waals surface area contributed by atoms with Crippen LogP contribution in [-0.4, -0.2) is 0 Å². The van der Waals surface area contributed by atoms with E-state index in [-0.39, 0.29) is 0 Å². The molecule has 19 heavy (non-hydrogen) atoms. The second-order valence-electron chi connectivity index (χ2n) is 6.24. The highest BCUT2D eigenvalue weighted by Crippen LogP contribution is 2.17. The van der Waals surface area contributed by atoms with Crippen molar-refractivity contribution in [3.05, 3.63) is 12.7 Å². The first-order valence-corrected chi connectivity index (χ1v) is 8.84. The maximum atomic E-state index is 5.36. The molecule has 0 heterocycles. The molecule has 0 heteroatoms. The lowest BCUT2D eigenvalue weighted by molar-refractivity contribution is 0.440. The zero-order valence-corrected chi connectivity index (χ0v) is 13.6. The monoisotopic (exact) mass is 265 g/mol. The van der Waals surface area contributed by atoms with Crippen LogP contribution in [0.5, 0.6) is 0 Å². The number of rotatable bonds is 15. The van der Waals surface area contributed by atoms with Crippen LogP contribution in [0, 0.1) is 12.5 Å². The van der Waals surface area contributed by atoms with Gasteiger partial charge in [-0.15, -0.1) is 0 Å². The van der Waals surface area contributed by atoms with Crippen LogP contribution >= 0.6 is 0 Å². The van der Waals surface area contributed by atoms with E-state index in [4.69, 9.17) is 6.58 Å². The normalized spacial score (nSPS) is 12.5. The molecule has 0 bridgehead atoms. The van der Waals surface area contributed by atoms with Gasteiger partial charge in [0.25, 0.3) is 0 Å². The lowest BCUT2D eigenvalue weighted by atomic mass is 9.97. The highest BCUT2D eigenvalue weighted by molar-refractivity contribution is 4.61. The van der Waals surface area contributed by atoms with E-state index < -0.39 is 0 Å². The van der Waals surface area contributed by atoms with Gasteiger partial charge in [0.15, 0.2) is 0 Å². The third-order valence-electron chi connectivity index (χ3n) is 4.12. The number of hydrogen-bond donors (Lipinski definition) is 0. The molecule has 0 aromatic heterocycles. The van der Waals surface area contributed by atoms with Crippen molar-refractivity contribution in [1.82, 2.24) is 0 Å². The van der Waals surface area contributed by atoms with Crippen molar-refractivity contribution >= 4 is 0 Å². The SMILES string of the molecule is [CH]=CCCCCCCCCCCCC(C)CCCC. The van der Waals surface area contributed by atoms with Gasteiger partial charge in [0.2, 0.25) is 0 Å². The number of allylic oxidation sites excluding steroid dienone is 1. The first-order chi connectivity index (χ1) is 9.31. The fourth-order valence-electron chi connectivity index (χ4n) is 2.69. The lowest BCUT2D eigenvalue weighted by Crippen LogP contribution is -1.94. The number of unbranched alkanes of at least 4 members (excludes halogenated alkanes) is 10. The van der Waals surface area contributed by atoms with Gasteiger partial charge in [0.1, 0.15) is 0 Å². The van der Waals surface area contributed by atoms with Crippen molar-refractivity contribution < 1.29 is 0 Å². The van der Waals surface area contributed by atoms with Gasteiger partial charge in [0, 0.05) is 0 Å². The van der Waals surface area contributed by atoms with Crippen molar-refractivity contribution in [3.8, 4) is 0 Å². The van der Waals surface area contributed by atoms with Gasteiger partial charge in [-0.3, -0.25) is 0 Å². The summed E-state index contributed by atoms with van der Waals surface area (Å²) in [6.45, 7) is 10.1. The van der Waals surface area contributed by atoms with Gasteiger partial charge < -0.3 is 0 Å². The number of hydrogen-bond acceptors (Lipinski definition) is 0. The van der Waals surface area contributed by atoms with Gasteiger partial charge in [-0.1, -0.05) is 104 Å². The average Bonchev–Trinajstić information content (AvgIpc) is 2.42. The summed E-state index contributed by atoms with van der Waals surface area (Å²) < 4.78 is 0. The molecule has 0 saturated heterocycles. The fourth-order valence-corrected chi connectivity index (χ4v) is 2.69. The summed E-state index contributed by atoms with van der Waals surface area (Å²) in [5.41, 5.74) is 0. The predicted molar refractivity (Wildman–Crippen MR) is 88.3 cm³/mol. The van der Waals surface area contributed by atoms with Gasteiger partial charge in [-0.2, -0.15) is 0 Å². The molecule has 1 unspecified atom stereocenters. The van der Waals surface area contributed by atoms with E-state index in [2.05, 4.69) is 13.8 Å². The van der Waals surface area contributed by atoms with Crippen LogP contribution in [0.3, 0.4) is 0 Å². The molecule has 0 fully saturated rings. The van der Waals surface area contributed by atoms with Gasteiger partial charge in [-0.25, -0.2) is 0 Å². The van der Waals surface area contributed by atoms with Crippen LogP contribution in [-0.2, 0) is 0 Å². The minimum absolute atomic E-state index is 0.958. The zero-order chi connectivity index (χ0) is 14.2. The minimum atomic E-state index is 0.958. The zero-order valence-electron chi connectivity index (χ0n) is 13.6. The Labute approximate surface area is 123 Å². The van der Waals surface area contributed by atoms with E-state index in [1.165, 1.54) is 83.5 Å². The molecule has 0 aromatic carbocycles. The maximum absolute atomic E-state index is 5.36. The Bertz CT molecular complexity index is 171. The Balaban J connectivity index is 3.04. The van der Waals surface area contributed by atoms with Crippen LogP contribution in [0.2, 0.25) is 0 Å². The van der Waals surface area contributed by atoms with Crippen LogP contribution in [0.25, 0.3) is 0 Å². The molecule has 1 radical (unpaired) electrons. The van der Waals surface area contributed by atoms with Crippen LogP contribution in [0.15, 0.2) is 6.08 Å². The summed E-state index contributed by atoms with van der Waals surface area (Å²) >= 11 is 0. The molecule has 0 saturated carbocycles. The van der Waals surface area contributed by atoms with E-state index in [9.17, 15) is 0 Å². The predicted octanol–water partition coefficient (Wildman–Crippen LogP) is 7.09. The smallest absolute Gasteiger partial charge is 0.0348 e. The molecule has 0 N–H and O–H groups in total. The Hall–Kier alpha value is -0.260. The molecule has 0 aliphatic carbocycles. The first kappa shape index (κ1) is 18.7. The van der Waals surface area contributed by atoms with E-state index >= 15 is 0 Å². The Morgan fingerprint density at radius 2 is 1.21 bits per heavy atom. The molecular formula is C19H37. The van der Waals surface area contributed by atoms with Crippen LogP contribution in [0.4, 0.5) is 0 Å². The quantitative estimate of drug-likeness (QED) is 0.277. The summed E-state index contributed by atoms with van der Waals surface area (Å²) in [6.07, 6.45) is 21.3. The highest BCUT2D eigenvalue weighted by atomic mass is 14.1. The molecule has 0 nitrogen and oxygen atoms in total. The molecule has 0 aliphatic rings. The van der Waals surface area contributed by atoms with Gasteiger partial charge in [-0.05, 0) is 18.8 Å². The van der Waals surface area contributed by atoms with E-state index in [1.54, 1.807) is 6.08 Å². The maximum Gasteiger partial charge on any atom is -0.0348 e. The highest BCUT2D eigenvalue weighted by Gasteiger charge is 2.00. The second-order valence-corrected chi connectivity index (χ2v) is 6.24. The molecular weight excluding hydrogens is 228 g/mol. The molecule has 0 amide bonds. The van der Waals surface area contributed by atoms with Crippen molar-refractivity contribution in [2.45, 2.75) is 104 Å². The van der Waals surface area contributed by atoms with Gasteiger partial charge >= 0.3 is 0 Å². The topological polar surface area (TPSA) is 0 Å². The van der Waals surface area contributed by atoms with Crippen molar-refractivity contribution in [1.29, 1.82) is 0 Å². The third-order valence-corrected chi connectivity index (χ3v) is 4.12. The molecule has 0 spiro atoms. The lowest BCUT2D eigenvalue weighted by Gasteiger charge is -2.10. The first-order valence-electron chi connectivity index (χ1n) is 8.84. The summed E-state index contributed by atoms with van der Waals surface area (Å²) in [5.74, 6) is 0.958. The second kappa shape index (κ2) is 15.8. The van der Waals surface area contributed by atoms with E-state index in [0.29, 0.717) is 0 Å². The van der Waals surface area contributed by atoms with Crippen LogP contribution in [0.1, 0.15) is 104 Å². The van der Waals surface area contributed by atoms with E-state index in [0.717, 1.165) is 12.3 Å². The Kier molecular flexibility index (Phi) is 15.6. The Morgan fingerprint density at radius 3 is 1.74 bits per heavy atom. The standard InChI is InChI=1S/C19H37/c1-4-6-8-9-10-11-12-13-14-15-16-18-19(3)17-7-5-2/h1,4,19H,5-18H2,2-3H3. The van der Waals surface area contributed by atoms with Gasteiger partial charge in [0.05, 0.1) is 0 Å². The van der Waals surface area contributed by atoms with E-state index in [1.807, 2.05) is 0 Å². The summed E-state index contributed by atoms with van der Waals surface area (Å²) in [4.78, 5) is 0. The van der Waals surface area contributed by atoms with Crippen molar-refractivity contribution in [3.63, 3.8) is 0 Å². The average molecular weight is 266 g/mol. The molecule has 0 aromatic rings. The summed E-state index contributed by atoms with van der Waals surface area (Å²) in [6, 6.07) is 0.